The molecule has 0 radical (unpaired) electrons. The van der Waals surface area contributed by atoms with Crippen LogP contribution in [-0.2, 0) is 0 Å². The van der Waals surface area contributed by atoms with Gasteiger partial charge in [0, 0.05) is 23.2 Å². The highest BCUT2D eigenvalue weighted by molar-refractivity contribution is 6.30. The highest BCUT2D eigenvalue weighted by Gasteiger charge is 2.32. The molecule has 2 aromatic rings. The molecule has 0 atom stereocenters. The molecular formula is C16H14N2O2. The van der Waals surface area contributed by atoms with Crippen LogP contribution in [0.15, 0.2) is 36.4 Å². The van der Waals surface area contributed by atoms with Gasteiger partial charge in [-0.1, -0.05) is 24.3 Å². The maximum Gasteiger partial charge on any atom is 0.196 e. The van der Waals surface area contributed by atoms with Crippen LogP contribution < -0.4 is 11.1 Å². The first-order chi connectivity index (χ1) is 9.65. The number of hydrogen-bond acceptors (Lipinski definition) is 4. The van der Waals surface area contributed by atoms with Gasteiger partial charge in [-0.15, -0.1) is 0 Å². The van der Waals surface area contributed by atoms with E-state index >= 15 is 0 Å². The molecule has 20 heavy (non-hydrogen) atoms. The number of fused-ring (bicyclic) bond motifs is 2. The van der Waals surface area contributed by atoms with Gasteiger partial charge >= 0.3 is 0 Å². The minimum absolute atomic E-state index is 0.130. The Kier molecular flexibility index (Phi) is 2.79. The number of carbonyl (C=O) groups is 2. The Morgan fingerprint density at radius 3 is 2.25 bits per heavy atom. The average Bonchev–Trinajstić information content (AvgIpc) is 2.47. The molecule has 1 aliphatic rings. The first-order valence-electron chi connectivity index (χ1n) is 6.50. The summed E-state index contributed by atoms with van der Waals surface area (Å²) in [5.74, 6) is -0.284. The molecule has 0 aromatic heterocycles. The summed E-state index contributed by atoms with van der Waals surface area (Å²) in [5.41, 5.74) is 8.66. The zero-order valence-corrected chi connectivity index (χ0v) is 11.1. The minimum atomic E-state index is -0.154. The van der Waals surface area contributed by atoms with Crippen molar-refractivity contribution in [2.75, 3.05) is 17.6 Å². The summed E-state index contributed by atoms with van der Waals surface area (Å²) in [5, 5.41) is 3.09. The van der Waals surface area contributed by atoms with E-state index in [0.29, 0.717) is 40.2 Å². The predicted octanol–water partition coefficient (Wildman–Crippen LogP) is 2.48. The van der Waals surface area contributed by atoms with Crippen LogP contribution in [0.4, 0.5) is 11.4 Å². The molecule has 2 aromatic carbocycles. The highest BCUT2D eigenvalue weighted by Crippen LogP contribution is 2.35. The second-order valence-corrected chi connectivity index (χ2v) is 4.69. The van der Waals surface area contributed by atoms with Crippen molar-refractivity contribution in [1.82, 2.24) is 0 Å². The topological polar surface area (TPSA) is 72.2 Å². The summed E-state index contributed by atoms with van der Waals surface area (Å²) in [6.07, 6.45) is 0. The van der Waals surface area contributed by atoms with Gasteiger partial charge in [0.05, 0.1) is 16.9 Å². The number of ketones is 2. The fourth-order valence-electron chi connectivity index (χ4n) is 2.57. The number of anilines is 2. The molecule has 0 amide bonds. The molecule has 4 nitrogen and oxygen atoms in total. The molecule has 0 heterocycles. The first kappa shape index (κ1) is 12.4. The smallest absolute Gasteiger partial charge is 0.196 e. The Morgan fingerprint density at radius 1 is 0.950 bits per heavy atom. The van der Waals surface area contributed by atoms with Gasteiger partial charge in [0.15, 0.2) is 11.6 Å². The van der Waals surface area contributed by atoms with Crippen molar-refractivity contribution in [3.63, 3.8) is 0 Å². The van der Waals surface area contributed by atoms with E-state index in [1.165, 1.54) is 0 Å². The zero-order valence-electron chi connectivity index (χ0n) is 11.1. The molecular weight excluding hydrogens is 252 g/mol. The Hall–Kier alpha value is -2.62. The monoisotopic (exact) mass is 266 g/mol. The standard InChI is InChI=1S/C16H14N2O2/c1-2-18-14-12(17)8-7-11-13(14)16(20)10-6-4-3-5-9(10)15(11)19/h3-8,18H,2,17H2,1H3. The number of benzene rings is 2. The van der Waals surface area contributed by atoms with E-state index in [-0.39, 0.29) is 11.6 Å². The van der Waals surface area contributed by atoms with E-state index in [1.807, 2.05) is 6.92 Å². The summed E-state index contributed by atoms with van der Waals surface area (Å²) in [6, 6.07) is 10.2. The third kappa shape index (κ3) is 1.61. The van der Waals surface area contributed by atoms with E-state index in [1.54, 1.807) is 36.4 Å². The van der Waals surface area contributed by atoms with Gasteiger partial charge in [0.2, 0.25) is 0 Å². The van der Waals surface area contributed by atoms with E-state index in [2.05, 4.69) is 5.32 Å². The Balaban J connectivity index is 2.31. The van der Waals surface area contributed by atoms with Gasteiger partial charge in [-0.3, -0.25) is 9.59 Å². The maximum atomic E-state index is 12.7. The summed E-state index contributed by atoms with van der Waals surface area (Å²) in [4.78, 5) is 25.2. The van der Waals surface area contributed by atoms with Crippen molar-refractivity contribution in [3.05, 3.63) is 58.7 Å². The lowest BCUT2D eigenvalue weighted by atomic mass is 9.83. The fourth-order valence-corrected chi connectivity index (χ4v) is 2.57. The number of hydrogen-bond donors (Lipinski definition) is 2. The Morgan fingerprint density at radius 2 is 1.60 bits per heavy atom. The van der Waals surface area contributed by atoms with Crippen LogP contribution in [0.1, 0.15) is 38.8 Å². The van der Waals surface area contributed by atoms with Crippen molar-refractivity contribution in [1.29, 1.82) is 0 Å². The second-order valence-electron chi connectivity index (χ2n) is 4.69. The molecule has 0 aliphatic heterocycles. The third-order valence-electron chi connectivity index (χ3n) is 3.48. The molecule has 3 N–H and O–H groups in total. The van der Waals surface area contributed by atoms with Crippen molar-refractivity contribution in [2.24, 2.45) is 0 Å². The minimum Gasteiger partial charge on any atom is -0.397 e. The number of carbonyl (C=O) groups excluding carboxylic acids is 2. The number of nitrogens with two attached hydrogens (primary N) is 1. The van der Waals surface area contributed by atoms with Crippen molar-refractivity contribution in [2.45, 2.75) is 6.92 Å². The average molecular weight is 266 g/mol. The molecule has 0 fully saturated rings. The van der Waals surface area contributed by atoms with Crippen LogP contribution in [0.25, 0.3) is 0 Å². The largest absolute Gasteiger partial charge is 0.397 e. The van der Waals surface area contributed by atoms with Crippen LogP contribution in [0, 0.1) is 0 Å². The van der Waals surface area contributed by atoms with Crippen LogP contribution in [0.3, 0.4) is 0 Å². The lowest BCUT2D eigenvalue weighted by Gasteiger charge is -2.21. The summed E-state index contributed by atoms with van der Waals surface area (Å²) >= 11 is 0. The van der Waals surface area contributed by atoms with Crippen LogP contribution in [0.5, 0.6) is 0 Å². The van der Waals surface area contributed by atoms with Gasteiger partial charge in [0.1, 0.15) is 0 Å². The number of nitrogen functional groups attached to an aromatic ring is 1. The molecule has 0 saturated heterocycles. The van der Waals surface area contributed by atoms with Gasteiger partial charge < -0.3 is 11.1 Å². The molecule has 0 bridgehead atoms. The van der Waals surface area contributed by atoms with E-state index in [0.717, 1.165) is 0 Å². The van der Waals surface area contributed by atoms with Gasteiger partial charge in [-0.25, -0.2) is 0 Å². The van der Waals surface area contributed by atoms with Crippen molar-refractivity contribution in [3.8, 4) is 0 Å². The van der Waals surface area contributed by atoms with Crippen LogP contribution in [-0.4, -0.2) is 18.1 Å². The Labute approximate surface area is 116 Å². The third-order valence-corrected chi connectivity index (χ3v) is 3.48. The number of nitrogens with one attached hydrogen (secondary N) is 1. The van der Waals surface area contributed by atoms with Crippen molar-refractivity contribution >= 4 is 22.9 Å². The molecule has 100 valence electrons. The van der Waals surface area contributed by atoms with Crippen LogP contribution in [0.2, 0.25) is 0 Å². The Bertz CT molecular complexity index is 735. The van der Waals surface area contributed by atoms with Crippen molar-refractivity contribution < 1.29 is 9.59 Å². The molecule has 4 heteroatoms. The zero-order chi connectivity index (χ0) is 14.3. The first-order valence-corrected chi connectivity index (χ1v) is 6.50. The van der Waals surface area contributed by atoms with E-state index in [4.69, 9.17) is 5.73 Å². The van der Waals surface area contributed by atoms with Gasteiger partial charge in [-0.2, -0.15) is 0 Å². The van der Waals surface area contributed by atoms with Crippen LogP contribution >= 0.6 is 0 Å². The normalized spacial score (nSPS) is 12.8. The summed E-state index contributed by atoms with van der Waals surface area (Å²) < 4.78 is 0. The predicted molar refractivity (Wildman–Crippen MR) is 78.3 cm³/mol. The number of rotatable bonds is 2. The summed E-state index contributed by atoms with van der Waals surface area (Å²) in [7, 11) is 0. The van der Waals surface area contributed by atoms with E-state index in [9.17, 15) is 9.59 Å². The summed E-state index contributed by atoms with van der Waals surface area (Å²) in [6.45, 7) is 2.55. The van der Waals surface area contributed by atoms with Gasteiger partial charge in [-0.05, 0) is 19.1 Å². The quantitative estimate of drug-likeness (QED) is 0.699. The maximum absolute atomic E-state index is 12.7. The second kappa shape index (κ2) is 4.49. The molecule has 0 saturated carbocycles. The fraction of sp³-hybridized carbons (Fsp3) is 0.125. The highest BCUT2D eigenvalue weighted by atomic mass is 16.1. The lowest BCUT2D eigenvalue weighted by Crippen LogP contribution is -2.23. The molecule has 1 aliphatic carbocycles. The van der Waals surface area contributed by atoms with Gasteiger partial charge in [0.25, 0.3) is 0 Å². The molecule has 3 rings (SSSR count). The molecule has 0 spiro atoms. The lowest BCUT2D eigenvalue weighted by molar-refractivity contribution is 0.0979. The van der Waals surface area contributed by atoms with E-state index < -0.39 is 0 Å². The SMILES string of the molecule is CCNc1c(N)ccc2c1C(=O)c1ccccc1C2=O. The molecule has 0 unspecified atom stereocenters.